The zero-order valence-corrected chi connectivity index (χ0v) is 11.5. The van der Waals surface area contributed by atoms with Crippen molar-refractivity contribution in [3.05, 3.63) is 0 Å². The molecule has 1 atom stereocenters. The lowest BCUT2D eigenvalue weighted by Crippen LogP contribution is -2.44. The van der Waals surface area contributed by atoms with Gasteiger partial charge in [0.05, 0.1) is 0 Å². The van der Waals surface area contributed by atoms with Gasteiger partial charge in [0.1, 0.15) is 6.04 Å². The second-order valence-electron chi connectivity index (χ2n) is 3.40. The smallest absolute Gasteiger partial charge is 0.240 e. The Morgan fingerprint density at radius 3 is 2.38 bits per heavy atom. The SMILES string of the molecule is CSCCCC(=O)NC(CCSC)C(N)=O. The molecule has 0 aliphatic heterocycles. The molecule has 1 unspecified atom stereocenters. The van der Waals surface area contributed by atoms with Gasteiger partial charge in [0.25, 0.3) is 0 Å². The minimum Gasteiger partial charge on any atom is -0.368 e. The van der Waals surface area contributed by atoms with Gasteiger partial charge in [-0.15, -0.1) is 0 Å². The first-order valence-corrected chi connectivity index (χ1v) is 7.97. The van der Waals surface area contributed by atoms with E-state index in [1.54, 1.807) is 23.5 Å². The molecule has 16 heavy (non-hydrogen) atoms. The molecule has 0 aromatic rings. The maximum atomic E-state index is 11.5. The molecule has 3 N–H and O–H groups in total. The summed E-state index contributed by atoms with van der Waals surface area (Å²) in [5.74, 6) is 1.24. The first-order chi connectivity index (χ1) is 7.61. The molecule has 0 bridgehead atoms. The number of carbonyl (C=O) groups excluding carboxylic acids is 2. The number of amides is 2. The quantitative estimate of drug-likeness (QED) is 0.606. The van der Waals surface area contributed by atoms with Crippen LogP contribution < -0.4 is 11.1 Å². The number of nitrogens with one attached hydrogen (secondary N) is 1. The third kappa shape index (κ3) is 7.87. The lowest BCUT2D eigenvalue weighted by atomic mass is 10.2. The lowest BCUT2D eigenvalue weighted by molar-refractivity contribution is -0.127. The largest absolute Gasteiger partial charge is 0.368 e. The van der Waals surface area contributed by atoms with Crippen LogP contribution in [0.5, 0.6) is 0 Å². The Morgan fingerprint density at radius 1 is 1.25 bits per heavy atom. The number of thioether (sulfide) groups is 2. The first kappa shape index (κ1) is 15.6. The van der Waals surface area contributed by atoms with Crippen molar-refractivity contribution in [3.8, 4) is 0 Å². The van der Waals surface area contributed by atoms with Gasteiger partial charge < -0.3 is 11.1 Å². The summed E-state index contributed by atoms with van der Waals surface area (Å²) < 4.78 is 0. The van der Waals surface area contributed by atoms with Crippen LogP contribution in [0.1, 0.15) is 19.3 Å². The van der Waals surface area contributed by atoms with Crippen LogP contribution in [0.25, 0.3) is 0 Å². The minimum atomic E-state index is -0.519. The normalized spacial score (nSPS) is 12.1. The predicted octanol–water partition coefficient (Wildman–Crippen LogP) is 0.853. The Labute approximate surface area is 105 Å². The summed E-state index contributed by atoms with van der Waals surface area (Å²) in [7, 11) is 0. The minimum absolute atomic E-state index is 0.0843. The molecular formula is C10H20N2O2S2. The fourth-order valence-electron chi connectivity index (χ4n) is 1.16. The van der Waals surface area contributed by atoms with Crippen LogP contribution in [-0.4, -0.2) is 41.9 Å². The fraction of sp³-hybridized carbons (Fsp3) is 0.800. The molecule has 0 saturated carbocycles. The molecule has 0 spiro atoms. The first-order valence-electron chi connectivity index (χ1n) is 5.18. The van der Waals surface area contributed by atoms with Crippen LogP contribution in [0, 0.1) is 0 Å². The average molecular weight is 264 g/mol. The summed E-state index contributed by atoms with van der Waals surface area (Å²) in [6.07, 6.45) is 5.86. The molecule has 4 nitrogen and oxygen atoms in total. The molecule has 2 amide bonds. The summed E-state index contributed by atoms with van der Waals surface area (Å²) >= 11 is 3.34. The third-order valence-electron chi connectivity index (χ3n) is 2.04. The van der Waals surface area contributed by atoms with Gasteiger partial charge in [-0.05, 0) is 36.9 Å². The zero-order valence-electron chi connectivity index (χ0n) is 9.82. The van der Waals surface area contributed by atoms with E-state index in [0.717, 1.165) is 17.9 Å². The maximum Gasteiger partial charge on any atom is 0.240 e. The monoisotopic (exact) mass is 264 g/mol. The van der Waals surface area contributed by atoms with Gasteiger partial charge in [-0.3, -0.25) is 9.59 Å². The van der Waals surface area contributed by atoms with Gasteiger partial charge in [0.2, 0.25) is 11.8 Å². The number of hydrogen-bond acceptors (Lipinski definition) is 4. The number of primary amides is 1. The highest BCUT2D eigenvalue weighted by molar-refractivity contribution is 7.98. The van der Waals surface area contributed by atoms with Crippen molar-refractivity contribution < 1.29 is 9.59 Å². The van der Waals surface area contributed by atoms with Crippen molar-refractivity contribution >= 4 is 35.3 Å². The van der Waals surface area contributed by atoms with Gasteiger partial charge in [0, 0.05) is 6.42 Å². The molecule has 6 heteroatoms. The van der Waals surface area contributed by atoms with Crippen molar-refractivity contribution in [2.75, 3.05) is 24.0 Å². The molecule has 0 fully saturated rings. The average Bonchev–Trinajstić information content (AvgIpc) is 2.24. The molecular weight excluding hydrogens is 244 g/mol. The Balaban J connectivity index is 3.88. The molecule has 0 saturated heterocycles. The Morgan fingerprint density at radius 2 is 1.88 bits per heavy atom. The molecule has 94 valence electrons. The standard InChI is InChI=1S/C10H20N2O2S2/c1-15-6-3-4-9(13)12-8(10(11)14)5-7-16-2/h8H,3-7H2,1-2H3,(H2,11,14)(H,12,13). The second-order valence-corrected chi connectivity index (χ2v) is 5.37. The van der Waals surface area contributed by atoms with Gasteiger partial charge in [-0.25, -0.2) is 0 Å². The van der Waals surface area contributed by atoms with E-state index in [0.29, 0.717) is 12.8 Å². The van der Waals surface area contributed by atoms with E-state index in [4.69, 9.17) is 5.73 Å². The number of rotatable bonds is 9. The molecule has 0 heterocycles. The lowest BCUT2D eigenvalue weighted by Gasteiger charge is -2.14. The number of nitrogens with two attached hydrogens (primary N) is 1. The van der Waals surface area contributed by atoms with Crippen molar-refractivity contribution in [2.45, 2.75) is 25.3 Å². The molecule has 0 rings (SSSR count). The number of hydrogen-bond donors (Lipinski definition) is 2. The van der Waals surface area contributed by atoms with Crippen LogP contribution in [0.3, 0.4) is 0 Å². The summed E-state index contributed by atoms with van der Waals surface area (Å²) in [5, 5.41) is 2.67. The van der Waals surface area contributed by atoms with Crippen LogP contribution in [-0.2, 0) is 9.59 Å². The van der Waals surface area contributed by atoms with Gasteiger partial charge >= 0.3 is 0 Å². The van der Waals surface area contributed by atoms with E-state index in [9.17, 15) is 9.59 Å². The molecule has 0 aromatic carbocycles. The van der Waals surface area contributed by atoms with Crippen molar-refractivity contribution in [2.24, 2.45) is 5.73 Å². The van der Waals surface area contributed by atoms with Crippen LogP contribution in [0.15, 0.2) is 0 Å². The second kappa shape index (κ2) is 9.84. The topological polar surface area (TPSA) is 72.2 Å². The van der Waals surface area contributed by atoms with E-state index in [1.807, 2.05) is 12.5 Å². The summed E-state index contributed by atoms with van der Waals surface area (Å²) in [6, 6.07) is -0.519. The van der Waals surface area contributed by atoms with Gasteiger partial charge in [-0.2, -0.15) is 23.5 Å². The van der Waals surface area contributed by atoms with Crippen LogP contribution in [0.4, 0.5) is 0 Å². The fourth-order valence-corrected chi connectivity index (χ4v) is 2.07. The summed E-state index contributed by atoms with van der Waals surface area (Å²) in [6.45, 7) is 0. The van der Waals surface area contributed by atoms with E-state index in [1.165, 1.54) is 0 Å². The molecule has 0 aliphatic rings. The number of carbonyl (C=O) groups is 2. The predicted molar refractivity (Wildman–Crippen MR) is 71.7 cm³/mol. The van der Waals surface area contributed by atoms with E-state index >= 15 is 0 Å². The van der Waals surface area contributed by atoms with Crippen molar-refractivity contribution in [3.63, 3.8) is 0 Å². The maximum absolute atomic E-state index is 11.5. The Kier molecular flexibility index (Phi) is 9.62. The highest BCUT2D eigenvalue weighted by Crippen LogP contribution is 2.03. The van der Waals surface area contributed by atoms with Crippen molar-refractivity contribution in [1.82, 2.24) is 5.32 Å². The van der Waals surface area contributed by atoms with Gasteiger partial charge in [0.15, 0.2) is 0 Å². The van der Waals surface area contributed by atoms with E-state index in [-0.39, 0.29) is 5.91 Å². The molecule has 0 radical (unpaired) electrons. The van der Waals surface area contributed by atoms with Gasteiger partial charge in [-0.1, -0.05) is 0 Å². The van der Waals surface area contributed by atoms with Crippen LogP contribution >= 0.6 is 23.5 Å². The molecule has 0 aliphatic carbocycles. The third-order valence-corrected chi connectivity index (χ3v) is 3.38. The highest BCUT2D eigenvalue weighted by atomic mass is 32.2. The highest BCUT2D eigenvalue weighted by Gasteiger charge is 2.16. The Bertz CT molecular complexity index is 225. The van der Waals surface area contributed by atoms with Crippen LogP contribution in [0.2, 0.25) is 0 Å². The summed E-state index contributed by atoms with van der Waals surface area (Å²) in [4.78, 5) is 22.5. The Hall–Kier alpha value is -0.360. The zero-order chi connectivity index (χ0) is 12.4. The van der Waals surface area contributed by atoms with E-state index in [2.05, 4.69) is 5.32 Å². The molecule has 0 aromatic heterocycles. The summed E-state index contributed by atoms with van der Waals surface area (Å²) in [5.41, 5.74) is 5.21. The van der Waals surface area contributed by atoms with E-state index < -0.39 is 11.9 Å². The van der Waals surface area contributed by atoms with Crippen molar-refractivity contribution in [1.29, 1.82) is 0 Å².